The molecule has 11 nitrogen and oxygen atoms in total. The Labute approximate surface area is 241 Å². The van der Waals surface area contributed by atoms with Gasteiger partial charge in [-0.05, 0) is 81.4 Å². The van der Waals surface area contributed by atoms with E-state index in [4.69, 9.17) is 14.9 Å². The number of hydrogen-bond acceptors (Lipinski definition) is 8. The van der Waals surface area contributed by atoms with Gasteiger partial charge in [0.2, 0.25) is 0 Å². The maximum Gasteiger partial charge on any atom is 0.328 e. The van der Waals surface area contributed by atoms with Crippen LogP contribution in [0.1, 0.15) is 48.7 Å². The first kappa shape index (κ1) is 29.3. The van der Waals surface area contributed by atoms with Crippen LogP contribution < -0.4 is 15.6 Å². The number of carboxylic acids is 2. The van der Waals surface area contributed by atoms with Gasteiger partial charge < -0.3 is 25.2 Å². The summed E-state index contributed by atoms with van der Waals surface area (Å²) < 4.78 is 21.8. The quantitative estimate of drug-likeness (QED) is 0.357. The summed E-state index contributed by atoms with van der Waals surface area (Å²) in [5, 5.41) is 29.0. The second-order valence-corrected chi connectivity index (χ2v) is 10.8. The first-order valence-corrected chi connectivity index (χ1v) is 14.2. The van der Waals surface area contributed by atoms with Crippen LogP contribution in [-0.4, -0.2) is 74.1 Å². The monoisotopic (exact) mass is 579 g/mol. The van der Waals surface area contributed by atoms with Gasteiger partial charge in [0.1, 0.15) is 6.61 Å². The molecule has 42 heavy (non-hydrogen) atoms. The summed E-state index contributed by atoms with van der Waals surface area (Å²) in [7, 11) is 0. The predicted molar refractivity (Wildman–Crippen MR) is 152 cm³/mol. The molecule has 3 aliphatic rings. The molecule has 0 bridgehead atoms. The lowest BCUT2D eigenvalue weighted by molar-refractivity contribution is -0.134. The normalized spacial score (nSPS) is 18.6. The number of carboxylic acid groups (broad SMARTS) is 2. The van der Waals surface area contributed by atoms with Crippen molar-refractivity contribution in [3.8, 4) is 5.75 Å². The lowest BCUT2D eigenvalue weighted by Crippen LogP contribution is -2.46. The Kier molecular flexibility index (Phi) is 9.23. The highest BCUT2D eigenvalue weighted by Crippen LogP contribution is 2.34. The number of nitrogens with zero attached hydrogens (tertiary/aromatic N) is 4. The van der Waals surface area contributed by atoms with E-state index in [2.05, 4.69) is 26.5 Å². The number of nitrogens with one attached hydrogen (secondary N) is 1. The van der Waals surface area contributed by atoms with E-state index in [1.165, 1.54) is 30.2 Å². The van der Waals surface area contributed by atoms with Gasteiger partial charge in [-0.1, -0.05) is 0 Å². The van der Waals surface area contributed by atoms with Gasteiger partial charge in [0.05, 0.1) is 22.9 Å². The van der Waals surface area contributed by atoms with Gasteiger partial charge in [0, 0.05) is 42.7 Å². The average molecular weight is 580 g/mol. The first-order valence-electron chi connectivity index (χ1n) is 14.2. The molecule has 0 saturated carbocycles. The van der Waals surface area contributed by atoms with Gasteiger partial charge in [-0.15, -0.1) is 0 Å². The Morgan fingerprint density at radius 3 is 2.50 bits per heavy atom. The van der Waals surface area contributed by atoms with Gasteiger partial charge in [0.15, 0.2) is 11.6 Å². The third-order valence-electron chi connectivity index (χ3n) is 7.90. The zero-order chi connectivity index (χ0) is 29.6. The average Bonchev–Trinajstić information content (AvgIpc) is 2.99. The van der Waals surface area contributed by atoms with Gasteiger partial charge in [-0.3, -0.25) is 9.36 Å². The summed E-state index contributed by atoms with van der Waals surface area (Å²) in [6.45, 7) is 3.68. The van der Waals surface area contributed by atoms with E-state index >= 15 is 0 Å². The summed E-state index contributed by atoms with van der Waals surface area (Å²) in [4.78, 5) is 34.2. The van der Waals surface area contributed by atoms with Crippen molar-refractivity contribution in [2.24, 2.45) is 0 Å². The zero-order valence-electron chi connectivity index (χ0n) is 23.2. The van der Waals surface area contributed by atoms with Crippen molar-refractivity contribution in [3.05, 3.63) is 75.6 Å². The minimum absolute atomic E-state index is 0.102. The van der Waals surface area contributed by atoms with Crippen LogP contribution in [0, 0.1) is 5.82 Å². The smallest absolute Gasteiger partial charge is 0.328 e. The molecule has 2 aliphatic heterocycles. The molecule has 3 N–H and O–H groups in total. The largest absolute Gasteiger partial charge is 0.486 e. The molecule has 3 aromatic rings. The number of likely N-dealkylation sites (tertiary alicyclic amines) is 1. The maximum atomic E-state index is 14.3. The van der Waals surface area contributed by atoms with E-state index in [0.29, 0.717) is 30.3 Å². The molecule has 1 aromatic carbocycles. The van der Waals surface area contributed by atoms with Crippen molar-refractivity contribution in [2.45, 2.75) is 57.2 Å². The standard InChI is InChI=1S/C26H30FN5O2.C4H4O4/c27-22-7-5-17-6-8-24(33)32-21(16-34-26(22)25(17)32)15-31-11-9-19(10-12-31)28-14-20-13-18-3-1-2-4-23(18)30-29-20;5-3(6)1-2-4(7)8/h5-8,13,19,21,28H,1-4,9-12,14-16H2;1-2H,(H,5,6)(H,7,8)/t21-;/m1./s1. The minimum Gasteiger partial charge on any atom is -0.486 e. The van der Waals surface area contributed by atoms with E-state index in [1.807, 2.05) is 0 Å². The second-order valence-electron chi connectivity index (χ2n) is 10.8. The fourth-order valence-corrected chi connectivity index (χ4v) is 5.82. The summed E-state index contributed by atoms with van der Waals surface area (Å²) in [6, 6.07) is 8.97. The Hall–Kier alpha value is -4.16. The number of carbonyl (C=O) groups is 2. The molecule has 222 valence electrons. The highest BCUT2D eigenvalue weighted by Gasteiger charge is 2.29. The number of rotatable bonds is 7. The number of halogens is 1. The highest BCUT2D eigenvalue weighted by molar-refractivity contribution is 5.89. The number of piperidine rings is 1. The van der Waals surface area contributed by atoms with E-state index in [-0.39, 0.29) is 17.4 Å². The van der Waals surface area contributed by atoms with Crippen molar-refractivity contribution in [1.82, 2.24) is 25.0 Å². The second kappa shape index (κ2) is 13.2. The van der Waals surface area contributed by atoms with Crippen LogP contribution in [0.4, 0.5) is 4.39 Å². The van der Waals surface area contributed by atoms with Crippen LogP contribution in [0.3, 0.4) is 0 Å². The molecule has 0 spiro atoms. The van der Waals surface area contributed by atoms with E-state index in [9.17, 15) is 18.8 Å². The number of aryl methyl sites for hydroxylation is 2. The van der Waals surface area contributed by atoms with Gasteiger partial charge in [0.25, 0.3) is 5.56 Å². The number of hydrogen-bond donors (Lipinski definition) is 3. The first-order chi connectivity index (χ1) is 20.3. The van der Waals surface area contributed by atoms with Gasteiger partial charge in [-0.25, -0.2) is 14.0 Å². The molecule has 1 aliphatic carbocycles. The van der Waals surface area contributed by atoms with Crippen LogP contribution in [-0.2, 0) is 29.0 Å². The van der Waals surface area contributed by atoms with Crippen LogP contribution in [0.15, 0.2) is 47.3 Å². The van der Waals surface area contributed by atoms with Crippen LogP contribution in [0.2, 0.25) is 0 Å². The van der Waals surface area contributed by atoms with Gasteiger partial charge >= 0.3 is 11.9 Å². The van der Waals surface area contributed by atoms with E-state index in [1.54, 1.807) is 22.8 Å². The Bertz CT molecular complexity index is 1530. The molecule has 4 heterocycles. The SMILES string of the molecule is O=C(O)C=CC(=O)O.O=c1ccc2ccc(F)c3c2n1[C@H](CN1CCC(NCc2cc4c(nn2)CCCC4)CC1)CO3. The van der Waals surface area contributed by atoms with Crippen molar-refractivity contribution >= 4 is 22.8 Å². The molecule has 6 rings (SSSR count). The minimum atomic E-state index is -1.26. The Morgan fingerprint density at radius 1 is 1.05 bits per heavy atom. The summed E-state index contributed by atoms with van der Waals surface area (Å²) in [6.07, 6.45) is 7.84. The lowest BCUT2D eigenvalue weighted by Gasteiger charge is -2.36. The van der Waals surface area contributed by atoms with Crippen molar-refractivity contribution in [3.63, 3.8) is 0 Å². The highest BCUT2D eigenvalue weighted by atomic mass is 19.1. The topological polar surface area (TPSA) is 147 Å². The molecule has 1 saturated heterocycles. The summed E-state index contributed by atoms with van der Waals surface area (Å²) >= 11 is 0. The Balaban J connectivity index is 0.000000390. The van der Waals surface area contributed by atoms with Crippen LogP contribution in [0.5, 0.6) is 5.75 Å². The summed E-state index contributed by atoms with van der Waals surface area (Å²) in [5.41, 5.74) is 4.05. The fraction of sp³-hybridized carbons (Fsp3) is 0.433. The molecular weight excluding hydrogens is 545 g/mol. The maximum absolute atomic E-state index is 14.3. The lowest BCUT2D eigenvalue weighted by atomic mass is 9.96. The Morgan fingerprint density at radius 2 is 1.76 bits per heavy atom. The van der Waals surface area contributed by atoms with Crippen molar-refractivity contribution < 1.29 is 28.9 Å². The molecular formula is C30H34FN5O6. The molecule has 12 heteroatoms. The van der Waals surface area contributed by atoms with Crippen molar-refractivity contribution in [1.29, 1.82) is 0 Å². The van der Waals surface area contributed by atoms with E-state index < -0.39 is 17.8 Å². The van der Waals surface area contributed by atoms with Crippen LogP contribution >= 0.6 is 0 Å². The zero-order valence-corrected chi connectivity index (χ0v) is 23.2. The molecule has 1 fully saturated rings. The van der Waals surface area contributed by atoms with Crippen molar-refractivity contribution in [2.75, 3.05) is 26.2 Å². The number of fused-ring (bicyclic) bond motifs is 1. The predicted octanol–water partition coefficient (Wildman–Crippen LogP) is 2.71. The van der Waals surface area contributed by atoms with E-state index in [0.717, 1.165) is 62.9 Å². The third kappa shape index (κ3) is 7.00. The number of benzene rings is 1. The number of aromatic nitrogens is 3. The number of ether oxygens (including phenoxy) is 1. The molecule has 0 amide bonds. The molecule has 1 atom stereocenters. The number of pyridine rings is 1. The third-order valence-corrected chi connectivity index (χ3v) is 7.90. The molecule has 2 aromatic heterocycles. The fourth-order valence-electron chi connectivity index (χ4n) is 5.82. The molecule has 0 unspecified atom stereocenters. The summed E-state index contributed by atoms with van der Waals surface area (Å²) in [5.74, 6) is -2.74. The van der Waals surface area contributed by atoms with Crippen LogP contribution in [0.25, 0.3) is 10.9 Å². The molecule has 0 radical (unpaired) electrons. The number of aliphatic carboxylic acids is 2. The van der Waals surface area contributed by atoms with Gasteiger partial charge in [-0.2, -0.15) is 10.2 Å².